The van der Waals surface area contributed by atoms with Crippen LogP contribution in [0, 0.1) is 5.41 Å². The van der Waals surface area contributed by atoms with Gasteiger partial charge in [0.2, 0.25) is 0 Å². The van der Waals surface area contributed by atoms with E-state index in [1.54, 1.807) is 13.8 Å². The molecule has 0 heterocycles. The lowest BCUT2D eigenvalue weighted by atomic mass is 9.90. The predicted molar refractivity (Wildman–Crippen MR) is 46.9 cm³/mol. The summed E-state index contributed by atoms with van der Waals surface area (Å²) < 4.78 is 8.84. The molecule has 72 valence electrons. The van der Waals surface area contributed by atoms with Crippen molar-refractivity contribution >= 4 is 20.3 Å². The lowest BCUT2D eigenvalue weighted by Crippen LogP contribution is -2.31. The van der Waals surface area contributed by atoms with Crippen molar-refractivity contribution in [3.8, 4) is 0 Å². The maximum Gasteiger partial charge on any atom is 0.313 e. The van der Waals surface area contributed by atoms with E-state index in [9.17, 15) is 9.59 Å². The average molecular weight is 184 g/mol. The van der Waals surface area contributed by atoms with Crippen LogP contribution in [0.25, 0.3) is 0 Å². The lowest BCUT2D eigenvalue weighted by molar-refractivity contribution is -0.174. The molecule has 1 atom stereocenters. The summed E-state index contributed by atoms with van der Waals surface area (Å²) in [7, 11) is 5.14. The van der Waals surface area contributed by atoms with Crippen molar-refractivity contribution in [1.82, 2.24) is 0 Å². The molecule has 0 aromatic carbocycles. The first-order chi connectivity index (χ1) is 5.94. The van der Waals surface area contributed by atoms with Crippen LogP contribution in [0.2, 0.25) is 0 Å². The van der Waals surface area contributed by atoms with Crippen LogP contribution in [0.5, 0.6) is 0 Å². The minimum absolute atomic E-state index is 0.136. The zero-order valence-corrected chi connectivity index (χ0v) is 8.07. The molecule has 0 amide bonds. The summed E-state index contributed by atoms with van der Waals surface area (Å²) >= 11 is 0. The highest BCUT2D eigenvalue weighted by Gasteiger charge is 2.28. The molecule has 0 fully saturated rings. The van der Waals surface area contributed by atoms with Crippen molar-refractivity contribution in [3.05, 3.63) is 0 Å². The molecule has 0 aliphatic heterocycles. The van der Waals surface area contributed by atoms with Gasteiger partial charge in [0, 0.05) is 0 Å². The predicted octanol–water partition coefficient (Wildman–Crippen LogP) is 0.591. The summed E-state index contributed by atoms with van der Waals surface area (Å²) in [6.45, 7) is 5.44. The van der Waals surface area contributed by atoms with Gasteiger partial charge in [0.05, 0.1) is 5.41 Å². The van der Waals surface area contributed by atoms with Gasteiger partial charge >= 0.3 is 5.97 Å². The van der Waals surface area contributed by atoms with Crippen molar-refractivity contribution in [2.45, 2.75) is 33.4 Å². The number of hydrogen-bond donors (Lipinski definition) is 0. The largest absolute Gasteiger partial charge is 0.438 e. The van der Waals surface area contributed by atoms with Crippen molar-refractivity contribution in [2.24, 2.45) is 5.41 Å². The van der Waals surface area contributed by atoms with Crippen LogP contribution in [0.1, 0.15) is 27.2 Å². The van der Waals surface area contributed by atoms with Gasteiger partial charge in [0.1, 0.15) is 0 Å². The minimum Gasteiger partial charge on any atom is -0.438 e. The Bertz CT molecular complexity index is 191. The van der Waals surface area contributed by atoms with Crippen LogP contribution >= 0.6 is 0 Å². The highest BCUT2D eigenvalue weighted by atomic mass is 16.7. The third kappa shape index (κ3) is 3.96. The standard InChI is InChI=1S/C8H13BO4/c1-4-8(2,3)6(11)13-7(9)12-5-10/h5,7H,4H2,1-3H3. The number of carbonyl (C=O) groups excluding carboxylic acids is 2. The Hall–Kier alpha value is -0.995. The quantitative estimate of drug-likeness (QED) is 0.271. The van der Waals surface area contributed by atoms with E-state index in [0.29, 0.717) is 6.42 Å². The Morgan fingerprint density at radius 3 is 2.54 bits per heavy atom. The Morgan fingerprint density at radius 1 is 1.62 bits per heavy atom. The van der Waals surface area contributed by atoms with E-state index in [0.717, 1.165) is 0 Å². The Morgan fingerprint density at radius 2 is 2.15 bits per heavy atom. The molecule has 2 radical (unpaired) electrons. The summed E-state index contributed by atoms with van der Waals surface area (Å²) in [5.74, 6) is -0.482. The van der Waals surface area contributed by atoms with E-state index >= 15 is 0 Å². The smallest absolute Gasteiger partial charge is 0.313 e. The van der Waals surface area contributed by atoms with Gasteiger partial charge in [-0.05, 0) is 20.3 Å². The molecule has 0 aromatic rings. The Kier molecular flexibility index (Phi) is 4.52. The molecule has 0 saturated heterocycles. The summed E-state index contributed by atoms with van der Waals surface area (Å²) in [5.41, 5.74) is -0.607. The third-order valence-corrected chi connectivity index (χ3v) is 1.85. The molecule has 0 rings (SSSR count). The number of hydrogen-bond acceptors (Lipinski definition) is 4. The van der Waals surface area contributed by atoms with Crippen molar-refractivity contribution < 1.29 is 19.1 Å². The number of rotatable bonds is 5. The fourth-order valence-corrected chi connectivity index (χ4v) is 0.492. The fourth-order valence-electron chi connectivity index (χ4n) is 0.492. The van der Waals surface area contributed by atoms with Gasteiger partial charge in [-0.2, -0.15) is 0 Å². The van der Waals surface area contributed by atoms with Crippen LogP contribution in [0.15, 0.2) is 0 Å². The van der Waals surface area contributed by atoms with E-state index < -0.39 is 17.6 Å². The van der Waals surface area contributed by atoms with Gasteiger partial charge < -0.3 is 9.47 Å². The van der Waals surface area contributed by atoms with Crippen molar-refractivity contribution in [3.63, 3.8) is 0 Å². The zero-order chi connectivity index (χ0) is 10.5. The molecule has 0 spiro atoms. The summed E-state index contributed by atoms with van der Waals surface area (Å²) in [5, 5.41) is 0. The first kappa shape index (κ1) is 12.0. The fraction of sp³-hybridized carbons (Fsp3) is 0.750. The van der Waals surface area contributed by atoms with Gasteiger partial charge in [-0.15, -0.1) is 0 Å². The van der Waals surface area contributed by atoms with E-state index in [2.05, 4.69) is 9.47 Å². The molecular formula is C8H13BO4. The van der Waals surface area contributed by atoms with Crippen LogP contribution in [-0.4, -0.2) is 26.5 Å². The number of ether oxygens (including phenoxy) is 2. The normalized spacial score (nSPS) is 13.2. The number of esters is 1. The highest BCUT2D eigenvalue weighted by Crippen LogP contribution is 2.21. The molecular weight excluding hydrogens is 171 g/mol. The second kappa shape index (κ2) is 4.89. The SMILES string of the molecule is [B]C(OC=O)OC(=O)C(C)(C)CC. The van der Waals surface area contributed by atoms with Crippen LogP contribution in [-0.2, 0) is 19.1 Å². The first-order valence-electron chi connectivity index (χ1n) is 4.00. The molecule has 0 aliphatic carbocycles. The second-order valence-corrected chi connectivity index (χ2v) is 3.24. The summed E-state index contributed by atoms with van der Waals surface area (Å²) in [6.07, 6.45) is -0.685. The summed E-state index contributed by atoms with van der Waals surface area (Å²) in [4.78, 5) is 21.1. The summed E-state index contributed by atoms with van der Waals surface area (Å²) in [6, 6.07) is 0. The van der Waals surface area contributed by atoms with E-state index in [4.69, 9.17) is 7.85 Å². The first-order valence-corrected chi connectivity index (χ1v) is 4.00. The monoisotopic (exact) mass is 184 g/mol. The van der Waals surface area contributed by atoms with Gasteiger partial charge in [-0.25, -0.2) is 0 Å². The second-order valence-electron chi connectivity index (χ2n) is 3.24. The van der Waals surface area contributed by atoms with Gasteiger partial charge in [0.25, 0.3) is 6.47 Å². The lowest BCUT2D eigenvalue weighted by Gasteiger charge is -2.22. The van der Waals surface area contributed by atoms with Gasteiger partial charge in [-0.3, -0.25) is 9.59 Å². The molecule has 13 heavy (non-hydrogen) atoms. The third-order valence-electron chi connectivity index (χ3n) is 1.85. The van der Waals surface area contributed by atoms with E-state index in [1.165, 1.54) is 0 Å². The van der Waals surface area contributed by atoms with Gasteiger partial charge in [-0.1, -0.05) is 6.92 Å². The molecule has 5 heteroatoms. The van der Waals surface area contributed by atoms with Gasteiger partial charge in [0.15, 0.2) is 14.0 Å². The topological polar surface area (TPSA) is 52.6 Å². The molecule has 4 nitrogen and oxygen atoms in total. The van der Waals surface area contributed by atoms with Crippen LogP contribution in [0.3, 0.4) is 0 Å². The molecule has 0 saturated carbocycles. The van der Waals surface area contributed by atoms with Crippen molar-refractivity contribution in [1.29, 1.82) is 0 Å². The zero-order valence-electron chi connectivity index (χ0n) is 8.07. The molecule has 1 unspecified atom stereocenters. The maximum atomic E-state index is 11.3. The number of carbonyl (C=O) groups is 2. The molecule has 0 N–H and O–H groups in total. The van der Waals surface area contributed by atoms with Crippen molar-refractivity contribution in [2.75, 3.05) is 0 Å². The Labute approximate surface area is 79.0 Å². The highest BCUT2D eigenvalue weighted by molar-refractivity contribution is 6.11. The average Bonchev–Trinajstić information content (AvgIpc) is 2.04. The van der Waals surface area contributed by atoms with E-state index in [1.807, 2.05) is 6.92 Å². The maximum absolute atomic E-state index is 11.3. The van der Waals surface area contributed by atoms with Crippen LogP contribution in [0.4, 0.5) is 0 Å². The Balaban J connectivity index is 4.06. The van der Waals surface area contributed by atoms with E-state index in [-0.39, 0.29) is 6.47 Å². The van der Waals surface area contributed by atoms with Crippen LogP contribution < -0.4 is 0 Å². The minimum atomic E-state index is -1.31. The molecule has 0 bridgehead atoms. The molecule has 0 aromatic heterocycles. The molecule has 0 aliphatic rings.